The lowest BCUT2D eigenvalue weighted by molar-refractivity contribution is 0.0659. The van der Waals surface area contributed by atoms with E-state index in [2.05, 4.69) is 31.4 Å². The van der Waals surface area contributed by atoms with Crippen molar-refractivity contribution in [2.24, 2.45) is 0 Å². The van der Waals surface area contributed by atoms with Crippen molar-refractivity contribution in [3.05, 3.63) is 21.8 Å². The minimum atomic E-state index is 0.00778. The van der Waals surface area contributed by atoms with Crippen LogP contribution in [0.25, 0.3) is 10.7 Å². The van der Waals surface area contributed by atoms with Crippen molar-refractivity contribution < 1.29 is 9.26 Å². The van der Waals surface area contributed by atoms with Gasteiger partial charge in [-0.05, 0) is 28.1 Å². The van der Waals surface area contributed by atoms with E-state index in [4.69, 9.17) is 9.26 Å². The highest BCUT2D eigenvalue weighted by molar-refractivity contribution is 9.11. The van der Waals surface area contributed by atoms with Gasteiger partial charge in [0.25, 0.3) is 0 Å². The Hall–Kier alpha value is -0.760. The van der Waals surface area contributed by atoms with Crippen LogP contribution >= 0.6 is 27.3 Å². The van der Waals surface area contributed by atoms with E-state index < -0.39 is 0 Å². The second kappa shape index (κ2) is 4.85. The van der Waals surface area contributed by atoms with Gasteiger partial charge in [0.2, 0.25) is 11.7 Å². The Morgan fingerprint density at radius 1 is 1.47 bits per heavy atom. The number of ether oxygens (including phenoxy) is 1. The van der Waals surface area contributed by atoms with Crippen LogP contribution in [-0.4, -0.2) is 29.9 Å². The topological polar surface area (TPSA) is 60.2 Å². The zero-order valence-electron chi connectivity index (χ0n) is 8.85. The summed E-state index contributed by atoms with van der Waals surface area (Å²) < 4.78 is 11.7. The van der Waals surface area contributed by atoms with Crippen molar-refractivity contribution in [3.63, 3.8) is 0 Å². The lowest BCUT2D eigenvalue weighted by Gasteiger charge is -2.20. The smallest absolute Gasteiger partial charge is 0.246 e. The monoisotopic (exact) mass is 315 g/mol. The van der Waals surface area contributed by atoms with E-state index in [0.717, 1.165) is 21.8 Å². The van der Waals surface area contributed by atoms with Gasteiger partial charge >= 0.3 is 0 Å². The molecule has 0 spiro atoms. The molecule has 5 nitrogen and oxygen atoms in total. The fraction of sp³-hybridized carbons (Fsp3) is 0.400. The second-order valence-electron chi connectivity index (χ2n) is 3.64. The van der Waals surface area contributed by atoms with E-state index >= 15 is 0 Å². The van der Waals surface area contributed by atoms with Gasteiger partial charge in [0.1, 0.15) is 6.04 Å². The minimum Gasteiger partial charge on any atom is -0.378 e. The Morgan fingerprint density at radius 3 is 3.12 bits per heavy atom. The van der Waals surface area contributed by atoms with Gasteiger partial charge in [0.15, 0.2) is 0 Å². The standard InChI is InChI=1S/C10H10BrN3O2S/c11-8-2-1-7(17-8)9-13-10(16-14-9)6-5-15-4-3-12-6/h1-2,6,12H,3-5H2. The molecule has 0 bridgehead atoms. The summed E-state index contributed by atoms with van der Waals surface area (Å²) in [4.78, 5) is 5.38. The van der Waals surface area contributed by atoms with Gasteiger partial charge < -0.3 is 14.6 Å². The van der Waals surface area contributed by atoms with Crippen LogP contribution < -0.4 is 5.32 Å². The van der Waals surface area contributed by atoms with E-state index in [1.165, 1.54) is 0 Å². The van der Waals surface area contributed by atoms with E-state index in [-0.39, 0.29) is 6.04 Å². The second-order valence-corrected chi connectivity index (χ2v) is 6.10. The fourth-order valence-electron chi connectivity index (χ4n) is 1.64. The molecule has 7 heteroatoms. The molecule has 3 rings (SSSR count). The molecule has 1 aliphatic heterocycles. The summed E-state index contributed by atoms with van der Waals surface area (Å²) in [7, 11) is 0. The van der Waals surface area contributed by atoms with Crippen LogP contribution in [0.5, 0.6) is 0 Å². The zero-order valence-corrected chi connectivity index (χ0v) is 11.3. The first-order valence-corrected chi connectivity index (χ1v) is 6.84. The van der Waals surface area contributed by atoms with Crippen molar-refractivity contribution in [1.29, 1.82) is 0 Å². The molecular weight excluding hydrogens is 306 g/mol. The zero-order chi connectivity index (χ0) is 11.7. The van der Waals surface area contributed by atoms with E-state index in [9.17, 15) is 0 Å². The predicted molar refractivity (Wildman–Crippen MR) is 66.9 cm³/mol. The average molecular weight is 316 g/mol. The number of halogens is 1. The number of nitrogens with one attached hydrogen (secondary N) is 1. The SMILES string of the molecule is Brc1ccc(-c2noc(C3COCCN3)n2)s1. The van der Waals surface area contributed by atoms with Gasteiger partial charge in [0.05, 0.1) is 21.9 Å². The summed E-state index contributed by atoms with van der Waals surface area (Å²) >= 11 is 4.99. The molecule has 2 aromatic rings. The molecule has 1 unspecified atom stereocenters. The van der Waals surface area contributed by atoms with Crippen LogP contribution in [0, 0.1) is 0 Å². The lowest BCUT2D eigenvalue weighted by atomic mass is 10.3. The Morgan fingerprint density at radius 2 is 2.41 bits per heavy atom. The van der Waals surface area contributed by atoms with E-state index in [0.29, 0.717) is 18.3 Å². The molecule has 1 fully saturated rings. The highest BCUT2D eigenvalue weighted by Crippen LogP contribution is 2.30. The first kappa shape index (κ1) is 11.3. The summed E-state index contributed by atoms with van der Waals surface area (Å²) in [6.45, 7) is 2.12. The number of rotatable bonds is 2. The molecule has 1 saturated heterocycles. The molecule has 3 heterocycles. The van der Waals surface area contributed by atoms with Crippen molar-refractivity contribution in [2.75, 3.05) is 19.8 Å². The van der Waals surface area contributed by atoms with Crippen molar-refractivity contribution in [2.45, 2.75) is 6.04 Å². The van der Waals surface area contributed by atoms with Gasteiger partial charge in [-0.1, -0.05) is 5.16 Å². The third-order valence-corrected chi connectivity index (χ3v) is 4.07. The van der Waals surface area contributed by atoms with Crippen molar-refractivity contribution in [3.8, 4) is 10.7 Å². The largest absolute Gasteiger partial charge is 0.378 e. The predicted octanol–water partition coefficient (Wildman–Crippen LogP) is 2.22. The number of hydrogen-bond donors (Lipinski definition) is 1. The lowest BCUT2D eigenvalue weighted by Crippen LogP contribution is -2.34. The number of aromatic nitrogens is 2. The molecule has 0 aromatic carbocycles. The van der Waals surface area contributed by atoms with Crippen molar-refractivity contribution in [1.82, 2.24) is 15.5 Å². The summed E-state index contributed by atoms with van der Waals surface area (Å²) in [5.74, 6) is 1.22. The summed E-state index contributed by atoms with van der Waals surface area (Å²) in [5.41, 5.74) is 0. The number of nitrogens with zero attached hydrogens (tertiary/aromatic N) is 2. The molecular formula is C10H10BrN3O2S. The highest BCUT2D eigenvalue weighted by Gasteiger charge is 2.22. The van der Waals surface area contributed by atoms with Crippen molar-refractivity contribution >= 4 is 27.3 Å². The Bertz CT molecular complexity index is 507. The quantitative estimate of drug-likeness (QED) is 0.920. The summed E-state index contributed by atoms with van der Waals surface area (Å²) in [6.07, 6.45) is 0. The van der Waals surface area contributed by atoms with E-state index in [1.54, 1.807) is 11.3 Å². The van der Waals surface area contributed by atoms with Crippen LogP contribution in [0.1, 0.15) is 11.9 Å². The molecule has 2 aromatic heterocycles. The maximum Gasteiger partial charge on any atom is 0.246 e. The summed E-state index contributed by atoms with van der Waals surface area (Å²) in [6, 6.07) is 3.94. The van der Waals surface area contributed by atoms with Crippen LogP contribution in [0.15, 0.2) is 20.4 Å². The molecule has 17 heavy (non-hydrogen) atoms. The van der Waals surface area contributed by atoms with Crippen LogP contribution in [0.2, 0.25) is 0 Å². The van der Waals surface area contributed by atoms with Gasteiger partial charge in [-0.15, -0.1) is 11.3 Å². The molecule has 1 N–H and O–H groups in total. The maximum atomic E-state index is 5.36. The minimum absolute atomic E-state index is 0.00778. The van der Waals surface area contributed by atoms with Crippen LogP contribution in [-0.2, 0) is 4.74 Å². The van der Waals surface area contributed by atoms with E-state index in [1.807, 2.05) is 12.1 Å². The third kappa shape index (κ3) is 2.42. The first-order chi connectivity index (χ1) is 8.33. The van der Waals surface area contributed by atoms with Gasteiger partial charge in [-0.2, -0.15) is 4.98 Å². The molecule has 90 valence electrons. The normalized spacial score (nSPS) is 20.6. The molecule has 0 amide bonds. The molecule has 0 aliphatic carbocycles. The Labute approximate surface area is 110 Å². The number of morpholine rings is 1. The number of thiophene rings is 1. The third-order valence-electron chi connectivity index (χ3n) is 2.46. The molecule has 0 radical (unpaired) electrons. The fourth-order valence-corrected chi connectivity index (χ4v) is 2.95. The highest BCUT2D eigenvalue weighted by atomic mass is 79.9. The Balaban J connectivity index is 1.82. The maximum absolute atomic E-state index is 5.36. The molecule has 0 saturated carbocycles. The molecule has 1 aliphatic rings. The van der Waals surface area contributed by atoms with Gasteiger partial charge in [0, 0.05) is 6.54 Å². The van der Waals surface area contributed by atoms with Crippen LogP contribution in [0.4, 0.5) is 0 Å². The van der Waals surface area contributed by atoms with Gasteiger partial charge in [-0.25, -0.2) is 0 Å². The Kier molecular flexibility index (Phi) is 3.24. The number of hydrogen-bond acceptors (Lipinski definition) is 6. The first-order valence-electron chi connectivity index (χ1n) is 5.23. The van der Waals surface area contributed by atoms with Crippen LogP contribution in [0.3, 0.4) is 0 Å². The average Bonchev–Trinajstić information content (AvgIpc) is 2.98. The molecule has 1 atom stereocenters. The van der Waals surface area contributed by atoms with Gasteiger partial charge in [-0.3, -0.25) is 0 Å². The summed E-state index contributed by atoms with van der Waals surface area (Å²) in [5, 5.41) is 7.26.